The fourth-order valence-corrected chi connectivity index (χ4v) is 3.66. The Kier molecular flexibility index (Phi) is 6.36. The van der Waals surface area contributed by atoms with Gasteiger partial charge < -0.3 is 4.57 Å². The molecule has 0 saturated carbocycles. The predicted octanol–water partition coefficient (Wildman–Crippen LogP) is 6.47. The summed E-state index contributed by atoms with van der Waals surface area (Å²) in [6.45, 7) is 3.91. The second kappa shape index (κ2) is 8.58. The van der Waals surface area contributed by atoms with Crippen LogP contribution in [-0.4, -0.2) is 16.7 Å². The van der Waals surface area contributed by atoms with Crippen LogP contribution in [0.25, 0.3) is 5.69 Å². The number of hydrazone groups is 1. The number of amides is 1. The normalized spacial score (nSPS) is 11.2. The molecule has 0 aliphatic heterocycles. The van der Waals surface area contributed by atoms with Crippen LogP contribution < -0.4 is 5.43 Å². The average Bonchev–Trinajstić information content (AvgIpc) is 2.90. The molecule has 0 saturated heterocycles. The highest BCUT2D eigenvalue weighted by Crippen LogP contribution is 2.26. The van der Waals surface area contributed by atoms with E-state index in [1.807, 2.05) is 36.6 Å². The summed E-state index contributed by atoms with van der Waals surface area (Å²) >= 11 is 24.0. The smallest absolute Gasteiger partial charge is 0.271 e. The van der Waals surface area contributed by atoms with Gasteiger partial charge in [-0.25, -0.2) is 5.43 Å². The summed E-state index contributed by atoms with van der Waals surface area (Å²) in [6, 6.07) is 11.9. The maximum atomic E-state index is 12.2. The zero-order valence-electron chi connectivity index (χ0n) is 14.9. The Bertz CT molecular complexity index is 1070. The third-order valence-corrected chi connectivity index (χ3v) is 5.30. The Morgan fingerprint density at radius 3 is 2.29 bits per heavy atom. The molecule has 8 heteroatoms. The Balaban J connectivity index is 1.81. The van der Waals surface area contributed by atoms with Gasteiger partial charge in [0.05, 0.1) is 16.3 Å². The lowest BCUT2D eigenvalue weighted by Crippen LogP contribution is -2.17. The molecule has 1 heterocycles. The molecule has 0 unspecified atom stereocenters. The van der Waals surface area contributed by atoms with E-state index in [0.717, 1.165) is 22.6 Å². The first-order chi connectivity index (χ1) is 13.3. The van der Waals surface area contributed by atoms with Crippen molar-refractivity contribution in [2.24, 2.45) is 5.10 Å². The van der Waals surface area contributed by atoms with Crippen LogP contribution in [0.1, 0.15) is 27.3 Å². The van der Waals surface area contributed by atoms with Gasteiger partial charge in [-0.2, -0.15) is 5.10 Å². The minimum Gasteiger partial charge on any atom is -0.318 e. The van der Waals surface area contributed by atoms with Crippen molar-refractivity contribution in [2.45, 2.75) is 13.8 Å². The number of hydrogen-bond acceptors (Lipinski definition) is 2. The predicted molar refractivity (Wildman–Crippen MR) is 117 cm³/mol. The number of nitrogens with one attached hydrogen (secondary N) is 1. The minimum atomic E-state index is -0.384. The van der Waals surface area contributed by atoms with E-state index in [-0.39, 0.29) is 5.91 Å². The molecule has 1 N–H and O–H groups in total. The van der Waals surface area contributed by atoms with Gasteiger partial charge in [0.25, 0.3) is 5.91 Å². The summed E-state index contributed by atoms with van der Waals surface area (Å²) in [7, 11) is 0. The van der Waals surface area contributed by atoms with Gasteiger partial charge in [0.1, 0.15) is 0 Å². The fraction of sp³-hybridized carbons (Fsp3) is 0.100. The molecule has 1 aromatic heterocycles. The summed E-state index contributed by atoms with van der Waals surface area (Å²) in [5.74, 6) is -0.384. The largest absolute Gasteiger partial charge is 0.318 e. The lowest BCUT2D eigenvalue weighted by atomic mass is 10.2. The Labute approximate surface area is 182 Å². The second-order valence-electron chi connectivity index (χ2n) is 6.12. The van der Waals surface area contributed by atoms with Crippen LogP contribution in [0.15, 0.2) is 47.6 Å². The Hall–Kier alpha value is -1.98. The van der Waals surface area contributed by atoms with Crippen molar-refractivity contribution in [3.8, 4) is 5.69 Å². The van der Waals surface area contributed by atoms with Crippen molar-refractivity contribution in [3.05, 3.63) is 85.1 Å². The van der Waals surface area contributed by atoms with Gasteiger partial charge in [-0.3, -0.25) is 4.79 Å². The summed E-state index contributed by atoms with van der Waals surface area (Å²) in [6.07, 6.45) is 1.58. The third-order valence-electron chi connectivity index (χ3n) is 4.13. The second-order valence-corrected chi connectivity index (χ2v) is 7.80. The van der Waals surface area contributed by atoms with Crippen LogP contribution >= 0.6 is 46.4 Å². The summed E-state index contributed by atoms with van der Waals surface area (Å²) in [5, 5.41) is 5.85. The van der Waals surface area contributed by atoms with Gasteiger partial charge in [0.15, 0.2) is 0 Å². The highest BCUT2D eigenvalue weighted by molar-refractivity contribution is 6.42. The van der Waals surface area contributed by atoms with Crippen molar-refractivity contribution < 1.29 is 4.79 Å². The zero-order chi connectivity index (χ0) is 20.4. The number of rotatable bonds is 4. The molecule has 1 amide bonds. The SMILES string of the molecule is Cc1cc(/C=N\NC(=O)c2ccc(Cl)c(Cl)c2)c(C)n1-c1cc(Cl)cc(Cl)c1. The summed E-state index contributed by atoms with van der Waals surface area (Å²) in [5.41, 5.74) is 6.47. The first-order valence-corrected chi connectivity index (χ1v) is 9.71. The number of aryl methyl sites for hydroxylation is 1. The molecule has 3 aromatic rings. The van der Waals surface area contributed by atoms with E-state index in [0.29, 0.717) is 25.7 Å². The minimum absolute atomic E-state index is 0.307. The molecule has 0 spiro atoms. The van der Waals surface area contributed by atoms with Crippen LogP contribution in [0.5, 0.6) is 0 Å². The van der Waals surface area contributed by atoms with Crippen molar-refractivity contribution >= 4 is 58.5 Å². The molecule has 0 aliphatic rings. The molecule has 2 aromatic carbocycles. The molecule has 144 valence electrons. The van der Waals surface area contributed by atoms with Crippen LogP contribution in [0.4, 0.5) is 0 Å². The molecule has 0 bridgehead atoms. The molecule has 0 fully saturated rings. The Morgan fingerprint density at radius 2 is 1.64 bits per heavy atom. The number of hydrogen-bond donors (Lipinski definition) is 1. The van der Waals surface area contributed by atoms with E-state index in [1.165, 1.54) is 6.07 Å². The number of halogens is 4. The molecule has 0 atom stereocenters. The molecule has 0 radical (unpaired) electrons. The summed E-state index contributed by atoms with van der Waals surface area (Å²) < 4.78 is 2.01. The third kappa shape index (κ3) is 4.53. The average molecular weight is 455 g/mol. The maximum absolute atomic E-state index is 12.2. The first kappa shape index (κ1) is 20.7. The number of aromatic nitrogens is 1. The highest BCUT2D eigenvalue weighted by Gasteiger charge is 2.11. The first-order valence-electron chi connectivity index (χ1n) is 8.20. The number of carbonyl (C=O) groups is 1. The summed E-state index contributed by atoms with van der Waals surface area (Å²) in [4.78, 5) is 12.2. The van der Waals surface area contributed by atoms with Crippen molar-refractivity contribution in [1.29, 1.82) is 0 Å². The molecular weight excluding hydrogens is 440 g/mol. The van der Waals surface area contributed by atoms with Gasteiger partial charge >= 0.3 is 0 Å². The molecule has 3 rings (SSSR count). The quantitative estimate of drug-likeness (QED) is 0.356. The van der Waals surface area contributed by atoms with Gasteiger partial charge in [-0.1, -0.05) is 46.4 Å². The van der Waals surface area contributed by atoms with E-state index in [4.69, 9.17) is 46.4 Å². The highest BCUT2D eigenvalue weighted by atomic mass is 35.5. The molecular formula is C20H15Cl4N3O. The van der Waals surface area contributed by atoms with Crippen molar-refractivity contribution in [2.75, 3.05) is 0 Å². The standard InChI is InChI=1S/C20H15Cl4N3O/c1-11-5-14(12(2)27(11)17-8-15(21)7-16(22)9-17)10-25-26-20(28)13-3-4-18(23)19(24)6-13/h3-10H,1-2H3,(H,26,28)/b25-10-. The van der Waals surface area contributed by atoms with Crippen LogP contribution in [0.2, 0.25) is 20.1 Å². The van der Waals surface area contributed by atoms with E-state index in [1.54, 1.807) is 24.4 Å². The number of benzene rings is 2. The maximum Gasteiger partial charge on any atom is 0.271 e. The molecule has 0 aliphatic carbocycles. The van der Waals surface area contributed by atoms with Crippen molar-refractivity contribution in [1.82, 2.24) is 9.99 Å². The van der Waals surface area contributed by atoms with Crippen molar-refractivity contribution in [3.63, 3.8) is 0 Å². The lowest BCUT2D eigenvalue weighted by Gasteiger charge is -2.10. The lowest BCUT2D eigenvalue weighted by molar-refractivity contribution is 0.0955. The van der Waals surface area contributed by atoms with E-state index in [2.05, 4.69) is 10.5 Å². The fourth-order valence-electron chi connectivity index (χ4n) is 2.85. The van der Waals surface area contributed by atoms with E-state index in [9.17, 15) is 4.79 Å². The monoisotopic (exact) mass is 453 g/mol. The molecule has 4 nitrogen and oxygen atoms in total. The van der Waals surface area contributed by atoms with Gasteiger partial charge in [0, 0.05) is 38.2 Å². The van der Waals surface area contributed by atoms with Gasteiger partial charge in [-0.15, -0.1) is 0 Å². The van der Waals surface area contributed by atoms with E-state index < -0.39 is 0 Å². The van der Waals surface area contributed by atoms with E-state index >= 15 is 0 Å². The number of carbonyl (C=O) groups excluding carboxylic acids is 1. The molecule has 28 heavy (non-hydrogen) atoms. The van der Waals surface area contributed by atoms with Crippen LogP contribution in [-0.2, 0) is 0 Å². The number of nitrogens with zero attached hydrogens (tertiary/aromatic N) is 2. The van der Waals surface area contributed by atoms with Crippen LogP contribution in [0.3, 0.4) is 0 Å². The Morgan fingerprint density at radius 1 is 0.964 bits per heavy atom. The van der Waals surface area contributed by atoms with Gasteiger partial charge in [0.2, 0.25) is 0 Å². The zero-order valence-corrected chi connectivity index (χ0v) is 18.0. The van der Waals surface area contributed by atoms with Crippen LogP contribution in [0, 0.1) is 13.8 Å². The topological polar surface area (TPSA) is 46.4 Å². The van der Waals surface area contributed by atoms with Gasteiger partial charge in [-0.05, 0) is 56.3 Å².